The molecule has 0 aliphatic heterocycles. The van der Waals surface area contributed by atoms with Crippen LogP contribution in [0.4, 0.5) is 5.69 Å². The van der Waals surface area contributed by atoms with E-state index in [0.717, 1.165) is 0 Å². The molecule has 2 N–H and O–H groups in total. The van der Waals surface area contributed by atoms with Crippen molar-refractivity contribution < 1.29 is 15.0 Å². The Morgan fingerprint density at radius 1 is 1.47 bits per heavy atom. The van der Waals surface area contributed by atoms with Gasteiger partial charge in [-0.25, -0.2) is 14.8 Å². The van der Waals surface area contributed by atoms with Crippen LogP contribution in [-0.4, -0.2) is 45.3 Å². The fourth-order valence-electron chi connectivity index (χ4n) is 1.77. The van der Waals surface area contributed by atoms with Crippen LogP contribution in [0, 0.1) is 0 Å². The van der Waals surface area contributed by atoms with Gasteiger partial charge in [-0.3, -0.25) is 0 Å². The first-order valence-corrected chi connectivity index (χ1v) is 6.15. The van der Waals surface area contributed by atoms with Gasteiger partial charge >= 0.3 is 5.97 Å². The van der Waals surface area contributed by atoms with Crippen LogP contribution in [0.25, 0.3) is 0 Å². The molecule has 6 nitrogen and oxygen atoms in total. The van der Waals surface area contributed by atoms with Crippen molar-refractivity contribution in [3.05, 3.63) is 17.7 Å². The van der Waals surface area contributed by atoms with Crippen molar-refractivity contribution in [2.24, 2.45) is 0 Å². The number of nitrogens with zero attached hydrogens (tertiary/aromatic N) is 3. The second-order valence-electron chi connectivity index (χ2n) is 5.59. The summed E-state index contributed by atoms with van der Waals surface area (Å²) in [5.74, 6) is -0.536. The fraction of sp³-hybridized carbons (Fsp3) is 0.615. The topological polar surface area (TPSA) is 86.5 Å². The number of anilines is 1. The zero-order valence-corrected chi connectivity index (χ0v) is 12.0. The molecule has 1 aromatic rings. The summed E-state index contributed by atoms with van der Waals surface area (Å²) in [6.07, 6.45) is 1.50. The minimum absolute atomic E-state index is 0.0366. The number of hydrogen-bond acceptors (Lipinski definition) is 5. The maximum atomic E-state index is 11.3. The zero-order valence-electron chi connectivity index (χ0n) is 12.0. The Kier molecular flexibility index (Phi) is 4.47. The van der Waals surface area contributed by atoms with Crippen molar-refractivity contribution in [1.29, 1.82) is 0 Å². The molecule has 0 bridgehead atoms. The minimum Gasteiger partial charge on any atom is -0.476 e. The maximum absolute atomic E-state index is 11.3. The van der Waals surface area contributed by atoms with Gasteiger partial charge < -0.3 is 15.1 Å². The lowest BCUT2D eigenvalue weighted by Crippen LogP contribution is -2.37. The largest absolute Gasteiger partial charge is 0.476 e. The fourth-order valence-corrected chi connectivity index (χ4v) is 1.77. The molecule has 0 spiro atoms. The van der Waals surface area contributed by atoms with E-state index in [1.54, 1.807) is 25.8 Å². The molecule has 0 saturated heterocycles. The normalized spacial score (nSPS) is 11.7. The number of hydrogen-bond donors (Lipinski definition) is 2. The van der Waals surface area contributed by atoms with Crippen LogP contribution in [-0.2, 0) is 0 Å². The van der Waals surface area contributed by atoms with Crippen molar-refractivity contribution in [2.45, 2.75) is 39.2 Å². The van der Waals surface area contributed by atoms with E-state index in [1.807, 2.05) is 13.8 Å². The van der Waals surface area contributed by atoms with Crippen molar-refractivity contribution in [1.82, 2.24) is 9.97 Å². The predicted molar refractivity (Wildman–Crippen MR) is 72.6 cm³/mol. The van der Waals surface area contributed by atoms with Gasteiger partial charge in [0.1, 0.15) is 5.82 Å². The molecular formula is C13H21N3O3. The lowest BCUT2D eigenvalue weighted by atomic mass is 10.1. The van der Waals surface area contributed by atoms with E-state index < -0.39 is 11.6 Å². The SMILES string of the molecule is CC(C)c1ncc(N(C)CC(C)(C)O)c(C(=O)O)n1. The second kappa shape index (κ2) is 5.52. The van der Waals surface area contributed by atoms with Gasteiger partial charge in [0.2, 0.25) is 0 Å². The van der Waals surface area contributed by atoms with Crippen LogP contribution in [0.5, 0.6) is 0 Å². The van der Waals surface area contributed by atoms with E-state index in [0.29, 0.717) is 11.5 Å². The van der Waals surface area contributed by atoms with E-state index in [1.165, 1.54) is 6.20 Å². The molecule has 0 amide bonds. The van der Waals surface area contributed by atoms with E-state index in [9.17, 15) is 15.0 Å². The number of carboxylic acid groups (broad SMARTS) is 1. The molecule has 0 saturated carbocycles. The van der Waals surface area contributed by atoms with E-state index in [2.05, 4.69) is 9.97 Å². The molecule has 1 heterocycles. The first-order valence-electron chi connectivity index (χ1n) is 6.15. The molecule has 106 valence electrons. The lowest BCUT2D eigenvalue weighted by Gasteiger charge is -2.27. The van der Waals surface area contributed by atoms with Gasteiger partial charge in [0.15, 0.2) is 5.69 Å². The summed E-state index contributed by atoms with van der Waals surface area (Å²) in [4.78, 5) is 21.2. The number of aromatic carboxylic acids is 1. The number of rotatable bonds is 5. The lowest BCUT2D eigenvalue weighted by molar-refractivity contribution is 0.0687. The molecule has 0 unspecified atom stereocenters. The van der Waals surface area contributed by atoms with Gasteiger partial charge in [0, 0.05) is 19.5 Å². The number of aromatic nitrogens is 2. The highest BCUT2D eigenvalue weighted by Crippen LogP contribution is 2.21. The third-order valence-electron chi connectivity index (χ3n) is 2.54. The Labute approximate surface area is 113 Å². The van der Waals surface area contributed by atoms with Gasteiger partial charge in [-0.1, -0.05) is 13.8 Å². The Bertz CT molecular complexity index is 467. The number of carboxylic acids is 1. The van der Waals surface area contributed by atoms with Crippen LogP contribution < -0.4 is 4.90 Å². The van der Waals surface area contributed by atoms with Gasteiger partial charge in [0.25, 0.3) is 0 Å². The summed E-state index contributed by atoms with van der Waals surface area (Å²) in [5, 5.41) is 19.0. The third kappa shape index (κ3) is 4.17. The van der Waals surface area contributed by atoms with Crippen LogP contribution in [0.15, 0.2) is 6.20 Å². The van der Waals surface area contributed by atoms with Gasteiger partial charge in [-0.05, 0) is 13.8 Å². The Morgan fingerprint density at radius 3 is 2.47 bits per heavy atom. The summed E-state index contributed by atoms with van der Waals surface area (Å²) >= 11 is 0. The van der Waals surface area contributed by atoms with E-state index >= 15 is 0 Å². The standard InChI is InChI=1S/C13H21N3O3/c1-8(2)11-14-6-9(10(15-11)12(17)18)16(5)7-13(3,4)19/h6,8,19H,7H2,1-5H3,(H,17,18). The molecule has 19 heavy (non-hydrogen) atoms. The van der Waals surface area contributed by atoms with Crippen LogP contribution in [0.3, 0.4) is 0 Å². The van der Waals surface area contributed by atoms with Crippen molar-refractivity contribution in [3.8, 4) is 0 Å². The molecule has 0 aromatic carbocycles. The van der Waals surface area contributed by atoms with Crippen LogP contribution >= 0.6 is 0 Å². The highest BCUT2D eigenvalue weighted by Gasteiger charge is 2.22. The molecule has 1 aromatic heterocycles. The highest BCUT2D eigenvalue weighted by atomic mass is 16.4. The second-order valence-corrected chi connectivity index (χ2v) is 5.59. The van der Waals surface area contributed by atoms with Gasteiger partial charge in [-0.15, -0.1) is 0 Å². The average molecular weight is 267 g/mol. The number of carbonyl (C=O) groups is 1. The van der Waals surface area contributed by atoms with Gasteiger partial charge in [-0.2, -0.15) is 0 Å². The average Bonchev–Trinajstić information content (AvgIpc) is 2.25. The monoisotopic (exact) mass is 267 g/mol. The van der Waals surface area contributed by atoms with Crippen molar-refractivity contribution in [3.63, 3.8) is 0 Å². The molecule has 0 aliphatic carbocycles. The van der Waals surface area contributed by atoms with Crippen molar-refractivity contribution >= 4 is 11.7 Å². The number of aliphatic hydroxyl groups is 1. The molecule has 1 rings (SSSR count). The molecule has 0 atom stereocenters. The van der Waals surface area contributed by atoms with Crippen molar-refractivity contribution in [2.75, 3.05) is 18.5 Å². The summed E-state index contributed by atoms with van der Waals surface area (Å²) in [6.45, 7) is 7.42. The Balaban J connectivity index is 3.17. The summed E-state index contributed by atoms with van der Waals surface area (Å²) in [5.41, 5.74) is -0.564. The Morgan fingerprint density at radius 2 is 2.05 bits per heavy atom. The predicted octanol–water partition coefficient (Wildman–Crippen LogP) is 1.51. The quantitative estimate of drug-likeness (QED) is 0.841. The van der Waals surface area contributed by atoms with Gasteiger partial charge in [0.05, 0.1) is 17.5 Å². The molecule has 0 fully saturated rings. The zero-order chi connectivity index (χ0) is 14.8. The summed E-state index contributed by atoms with van der Waals surface area (Å²) in [7, 11) is 1.71. The Hall–Kier alpha value is -1.69. The molecule has 6 heteroatoms. The van der Waals surface area contributed by atoms with Crippen LogP contribution in [0.1, 0.15) is 49.9 Å². The first kappa shape index (κ1) is 15.4. The molecular weight excluding hydrogens is 246 g/mol. The molecule has 0 aliphatic rings. The smallest absolute Gasteiger partial charge is 0.356 e. The van der Waals surface area contributed by atoms with Crippen LogP contribution in [0.2, 0.25) is 0 Å². The summed E-state index contributed by atoms with van der Waals surface area (Å²) in [6, 6.07) is 0. The van der Waals surface area contributed by atoms with E-state index in [4.69, 9.17) is 0 Å². The number of likely N-dealkylation sites (N-methyl/N-ethyl adjacent to an activating group) is 1. The van der Waals surface area contributed by atoms with E-state index in [-0.39, 0.29) is 18.2 Å². The maximum Gasteiger partial charge on any atom is 0.356 e. The highest BCUT2D eigenvalue weighted by molar-refractivity contribution is 5.91. The summed E-state index contributed by atoms with van der Waals surface area (Å²) < 4.78 is 0. The third-order valence-corrected chi connectivity index (χ3v) is 2.54. The first-order chi connectivity index (χ1) is 8.61. The minimum atomic E-state index is -1.10. The molecule has 0 radical (unpaired) electrons.